The maximum absolute atomic E-state index is 5.74. The minimum atomic E-state index is 0.247. The normalized spacial score (nSPS) is 16.9. The van der Waals surface area contributed by atoms with E-state index in [0.717, 1.165) is 4.43 Å². The van der Waals surface area contributed by atoms with Crippen molar-refractivity contribution in [1.82, 2.24) is 0 Å². The number of halogens is 1. The lowest BCUT2D eigenvalue weighted by Crippen LogP contribution is -2.30. The molecule has 0 fully saturated rings. The van der Waals surface area contributed by atoms with Gasteiger partial charge in [-0.1, -0.05) is 48.1 Å². The largest absolute Gasteiger partial charge is 0.359 e. The molecule has 0 spiro atoms. The van der Waals surface area contributed by atoms with Crippen LogP contribution in [0.1, 0.15) is 27.7 Å². The van der Waals surface area contributed by atoms with Gasteiger partial charge in [0.15, 0.2) is 0 Å². The summed E-state index contributed by atoms with van der Waals surface area (Å²) in [4.78, 5) is 0. The first-order valence-corrected chi connectivity index (χ1v) is 6.87. The van der Waals surface area contributed by atoms with Crippen molar-refractivity contribution in [2.24, 2.45) is 11.8 Å². The molecular weight excluding hydrogens is 303 g/mol. The molecule has 0 aromatic heterocycles. The zero-order chi connectivity index (χ0) is 11.8. The van der Waals surface area contributed by atoms with Crippen LogP contribution in [0.3, 0.4) is 0 Å². The molecular formula is C12H23IO2. The fraction of sp³-hybridized carbons (Fsp3) is 0.833. The van der Waals surface area contributed by atoms with Gasteiger partial charge >= 0.3 is 0 Å². The lowest BCUT2D eigenvalue weighted by Gasteiger charge is -2.27. The molecule has 0 radical (unpaired) electrons. The van der Waals surface area contributed by atoms with Crippen molar-refractivity contribution in [2.45, 2.75) is 33.8 Å². The lowest BCUT2D eigenvalue weighted by atomic mass is 9.93. The summed E-state index contributed by atoms with van der Waals surface area (Å²) < 4.78 is 11.8. The Hall–Kier alpha value is 0.390. The minimum Gasteiger partial charge on any atom is -0.359 e. The Morgan fingerprint density at radius 2 is 1.93 bits per heavy atom. The van der Waals surface area contributed by atoms with E-state index in [9.17, 15) is 0 Å². The van der Waals surface area contributed by atoms with Crippen molar-refractivity contribution in [3.05, 3.63) is 11.6 Å². The number of ether oxygens (including phenoxy) is 2. The molecule has 0 aliphatic rings. The first kappa shape index (κ1) is 15.4. The topological polar surface area (TPSA) is 18.5 Å². The molecule has 0 heterocycles. The van der Waals surface area contributed by atoms with E-state index in [1.54, 1.807) is 7.11 Å². The highest BCUT2D eigenvalue weighted by atomic mass is 127. The number of allylic oxidation sites excluding steroid dienone is 1. The third kappa shape index (κ3) is 6.53. The van der Waals surface area contributed by atoms with Crippen molar-refractivity contribution < 1.29 is 9.47 Å². The van der Waals surface area contributed by atoms with Crippen LogP contribution in [-0.4, -0.2) is 24.4 Å². The minimum absolute atomic E-state index is 0.247. The molecule has 0 rings (SSSR count). The molecule has 15 heavy (non-hydrogen) atoms. The van der Waals surface area contributed by atoms with E-state index in [1.165, 1.54) is 5.57 Å². The first-order chi connectivity index (χ1) is 7.02. The fourth-order valence-corrected chi connectivity index (χ4v) is 2.19. The highest BCUT2D eigenvalue weighted by molar-refractivity contribution is 14.1. The maximum atomic E-state index is 5.74. The van der Waals surface area contributed by atoms with Crippen LogP contribution in [0, 0.1) is 11.8 Å². The van der Waals surface area contributed by atoms with Gasteiger partial charge in [0.2, 0.25) is 0 Å². The molecule has 0 saturated carbocycles. The Morgan fingerprint density at radius 3 is 2.33 bits per heavy atom. The molecule has 0 N–H and O–H groups in total. The van der Waals surface area contributed by atoms with Gasteiger partial charge in [0.1, 0.15) is 6.79 Å². The number of hydrogen-bond acceptors (Lipinski definition) is 2. The molecule has 3 heteroatoms. The summed E-state index contributed by atoms with van der Waals surface area (Å²) in [6.45, 7) is 9.06. The van der Waals surface area contributed by atoms with Crippen LogP contribution in [-0.2, 0) is 9.47 Å². The Kier molecular flexibility index (Phi) is 8.75. The second-order valence-corrected chi connectivity index (χ2v) is 5.15. The molecule has 0 aliphatic carbocycles. The van der Waals surface area contributed by atoms with Crippen LogP contribution >= 0.6 is 22.6 Å². The van der Waals surface area contributed by atoms with E-state index in [4.69, 9.17) is 9.47 Å². The molecule has 3 atom stereocenters. The summed E-state index contributed by atoms with van der Waals surface area (Å²) >= 11 is 2.41. The second kappa shape index (κ2) is 8.53. The van der Waals surface area contributed by atoms with Gasteiger partial charge in [-0.2, -0.15) is 0 Å². The van der Waals surface area contributed by atoms with Gasteiger partial charge in [-0.3, -0.25) is 0 Å². The number of alkyl halides is 1. The molecule has 0 aromatic rings. The Balaban J connectivity index is 4.39. The monoisotopic (exact) mass is 326 g/mol. The van der Waals surface area contributed by atoms with Crippen LogP contribution in [0.5, 0.6) is 0 Å². The van der Waals surface area contributed by atoms with E-state index < -0.39 is 0 Å². The molecule has 0 saturated heterocycles. The van der Waals surface area contributed by atoms with E-state index in [-0.39, 0.29) is 6.10 Å². The van der Waals surface area contributed by atoms with Gasteiger partial charge in [0, 0.05) is 17.5 Å². The highest BCUT2D eigenvalue weighted by Crippen LogP contribution is 2.21. The van der Waals surface area contributed by atoms with Crippen LogP contribution in [0.4, 0.5) is 0 Å². The Labute approximate surface area is 108 Å². The van der Waals surface area contributed by atoms with Crippen molar-refractivity contribution in [3.63, 3.8) is 0 Å². The van der Waals surface area contributed by atoms with Gasteiger partial charge < -0.3 is 9.47 Å². The quantitative estimate of drug-likeness (QED) is 0.308. The average molecular weight is 326 g/mol. The van der Waals surface area contributed by atoms with Crippen molar-refractivity contribution in [3.8, 4) is 0 Å². The third-order valence-corrected chi connectivity index (χ3v) is 3.69. The summed E-state index contributed by atoms with van der Waals surface area (Å²) in [5.41, 5.74) is 1.34. The van der Waals surface area contributed by atoms with E-state index in [2.05, 4.69) is 56.4 Å². The van der Waals surface area contributed by atoms with Crippen LogP contribution in [0.2, 0.25) is 0 Å². The molecule has 0 amide bonds. The van der Waals surface area contributed by atoms with Gasteiger partial charge in [-0.15, -0.1) is 0 Å². The molecule has 90 valence electrons. The van der Waals surface area contributed by atoms with Gasteiger partial charge in [-0.05, 0) is 19.8 Å². The predicted octanol–water partition coefficient (Wildman–Crippen LogP) is 3.65. The Bertz CT molecular complexity index is 188. The van der Waals surface area contributed by atoms with Crippen LogP contribution in [0.25, 0.3) is 0 Å². The third-order valence-electron chi connectivity index (χ3n) is 2.30. The van der Waals surface area contributed by atoms with E-state index in [1.807, 2.05) is 0 Å². The molecule has 0 bridgehead atoms. The smallest absolute Gasteiger partial charge is 0.146 e. The SMILES string of the molecule is COCO[C@H]([C@@H](C)C=C(C)C)[C@@H](C)CI. The molecule has 2 nitrogen and oxygen atoms in total. The van der Waals surface area contributed by atoms with Crippen LogP contribution in [0.15, 0.2) is 11.6 Å². The average Bonchev–Trinajstić information content (AvgIpc) is 2.16. The van der Waals surface area contributed by atoms with Gasteiger partial charge in [0.25, 0.3) is 0 Å². The number of methoxy groups -OCH3 is 1. The molecule has 0 aliphatic heterocycles. The summed E-state index contributed by atoms with van der Waals surface area (Å²) in [6.07, 6.45) is 2.51. The highest BCUT2D eigenvalue weighted by Gasteiger charge is 2.22. The molecule has 0 unspecified atom stereocenters. The fourth-order valence-electron chi connectivity index (χ4n) is 1.69. The number of hydrogen-bond donors (Lipinski definition) is 0. The standard InChI is InChI=1S/C12H23IO2/c1-9(2)6-10(3)12(11(4)7-13)15-8-14-5/h6,10-12H,7-8H2,1-5H3/t10-,11-,12+/m0/s1. The maximum Gasteiger partial charge on any atom is 0.146 e. The van der Waals surface area contributed by atoms with Crippen molar-refractivity contribution >= 4 is 22.6 Å². The van der Waals surface area contributed by atoms with Crippen molar-refractivity contribution in [1.29, 1.82) is 0 Å². The molecule has 0 aromatic carbocycles. The van der Waals surface area contributed by atoms with Gasteiger partial charge in [0.05, 0.1) is 6.10 Å². The van der Waals surface area contributed by atoms with Crippen molar-refractivity contribution in [2.75, 3.05) is 18.3 Å². The second-order valence-electron chi connectivity index (χ2n) is 4.27. The zero-order valence-electron chi connectivity index (χ0n) is 10.4. The summed E-state index contributed by atoms with van der Waals surface area (Å²) in [5.74, 6) is 0.987. The summed E-state index contributed by atoms with van der Waals surface area (Å²) in [7, 11) is 1.66. The zero-order valence-corrected chi connectivity index (χ0v) is 12.6. The summed E-state index contributed by atoms with van der Waals surface area (Å²) in [6, 6.07) is 0. The summed E-state index contributed by atoms with van der Waals surface area (Å²) in [5, 5.41) is 0. The Morgan fingerprint density at radius 1 is 1.33 bits per heavy atom. The van der Waals surface area contributed by atoms with E-state index >= 15 is 0 Å². The van der Waals surface area contributed by atoms with Crippen LogP contribution < -0.4 is 0 Å². The first-order valence-electron chi connectivity index (χ1n) is 5.34. The number of rotatable bonds is 7. The van der Waals surface area contributed by atoms with Gasteiger partial charge in [-0.25, -0.2) is 0 Å². The lowest BCUT2D eigenvalue weighted by molar-refractivity contribution is -0.0975. The predicted molar refractivity (Wildman–Crippen MR) is 73.4 cm³/mol. The van der Waals surface area contributed by atoms with E-state index in [0.29, 0.717) is 18.6 Å².